The van der Waals surface area contributed by atoms with Crippen LogP contribution in [0.2, 0.25) is 0 Å². The van der Waals surface area contributed by atoms with Crippen LogP contribution < -0.4 is 0 Å². The number of ether oxygens (including phenoxy) is 2. The van der Waals surface area contributed by atoms with Crippen molar-refractivity contribution in [3.8, 4) is 0 Å². The van der Waals surface area contributed by atoms with Crippen molar-refractivity contribution in [2.45, 2.75) is 36.9 Å². The summed E-state index contributed by atoms with van der Waals surface area (Å²) in [7, 11) is 3.40. The maximum Gasteiger partial charge on any atom is 0.107 e. The van der Waals surface area contributed by atoms with Crippen LogP contribution in [0.3, 0.4) is 0 Å². The van der Waals surface area contributed by atoms with Crippen LogP contribution >= 0.6 is 0 Å². The molecule has 2 aliphatic rings. The van der Waals surface area contributed by atoms with Gasteiger partial charge in [0.1, 0.15) is 11.5 Å². The van der Waals surface area contributed by atoms with Crippen molar-refractivity contribution in [3.63, 3.8) is 0 Å². The maximum atomic E-state index is 12.6. The molecule has 0 amide bonds. The molecule has 4 atom stereocenters. The molecule has 0 radical (unpaired) electrons. The average Bonchev–Trinajstić information content (AvgIpc) is 3.20. The van der Waals surface area contributed by atoms with Crippen LogP contribution in [0.15, 0.2) is 169 Å². The maximum absolute atomic E-state index is 12.6. The van der Waals surface area contributed by atoms with Gasteiger partial charge in [-0.25, -0.2) is 0 Å². The molecule has 4 nitrogen and oxygen atoms in total. The van der Waals surface area contributed by atoms with E-state index in [2.05, 4.69) is 121 Å². The molecule has 6 aromatic carbocycles. The first-order valence-electron chi connectivity index (χ1n) is 18.3. The van der Waals surface area contributed by atoms with Gasteiger partial charge in [0.2, 0.25) is 0 Å². The van der Waals surface area contributed by atoms with Gasteiger partial charge in [-0.2, -0.15) is 0 Å². The van der Waals surface area contributed by atoms with E-state index < -0.39 is 17.6 Å². The smallest absolute Gasteiger partial charge is 0.107 e. The van der Waals surface area contributed by atoms with Crippen molar-refractivity contribution < 1.29 is 19.7 Å². The lowest BCUT2D eigenvalue weighted by Gasteiger charge is -2.41. The SMILES string of the molecule is COC1=Cc2cccc3cccc(c23)C1/C=C/C(O)C(Cc1ccccc1)(Cc1ccccc1)C(O)/C=C/C1C(OC)=Cc2cccc3cccc1c23. The van der Waals surface area contributed by atoms with Gasteiger partial charge in [-0.3, -0.25) is 0 Å². The molecule has 53 heavy (non-hydrogen) atoms. The zero-order valence-corrected chi connectivity index (χ0v) is 30.1. The molecule has 0 fully saturated rings. The highest BCUT2D eigenvalue weighted by atomic mass is 16.5. The van der Waals surface area contributed by atoms with Crippen molar-refractivity contribution >= 4 is 33.7 Å². The molecule has 8 rings (SSSR count). The minimum Gasteiger partial charge on any atom is -0.500 e. The molecular formula is C49H44O4. The fourth-order valence-corrected chi connectivity index (χ4v) is 8.54. The van der Waals surface area contributed by atoms with Gasteiger partial charge >= 0.3 is 0 Å². The van der Waals surface area contributed by atoms with Gasteiger partial charge in [-0.05, 0) is 79.9 Å². The molecule has 0 spiro atoms. The molecule has 6 aromatic rings. The second-order valence-electron chi connectivity index (χ2n) is 14.3. The molecule has 0 saturated carbocycles. The summed E-state index contributed by atoms with van der Waals surface area (Å²) in [5.41, 5.74) is 5.52. The second kappa shape index (κ2) is 14.7. The zero-order valence-electron chi connectivity index (χ0n) is 30.1. The number of rotatable bonds is 12. The molecule has 2 aliphatic carbocycles. The van der Waals surface area contributed by atoms with Crippen LogP contribution in [0.4, 0.5) is 0 Å². The Kier molecular flexibility index (Phi) is 9.57. The summed E-state index contributed by atoms with van der Waals surface area (Å²) in [6, 6.07) is 45.7. The molecule has 2 N–H and O–H groups in total. The Labute approximate surface area is 311 Å². The van der Waals surface area contributed by atoms with Gasteiger partial charge in [-0.15, -0.1) is 0 Å². The highest BCUT2D eigenvalue weighted by Crippen LogP contribution is 2.44. The summed E-state index contributed by atoms with van der Waals surface area (Å²) in [6.45, 7) is 0. The highest BCUT2D eigenvalue weighted by Gasteiger charge is 2.43. The van der Waals surface area contributed by atoms with Crippen LogP contribution in [-0.4, -0.2) is 36.6 Å². The van der Waals surface area contributed by atoms with E-state index in [-0.39, 0.29) is 11.8 Å². The van der Waals surface area contributed by atoms with E-state index in [1.54, 1.807) is 14.2 Å². The predicted molar refractivity (Wildman–Crippen MR) is 216 cm³/mol. The summed E-state index contributed by atoms with van der Waals surface area (Å²) in [6.07, 6.45) is 10.9. The van der Waals surface area contributed by atoms with E-state index in [9.17, 15) is 10.2 Å². The monoisotopic (exact) mass is 696 g/mol. The molecule has 0 heterocycles. The largest absolute Gasteiger partial charge is 0.500 e. The lowest BCUT2D eigenvalue weighted by molar-refractivity contribution is -0.0273. The third-order valence-electron chi connectivity index (χ3n) is 11.2. The lowest BCUT2D eigenvalue weighted by Crippen LogP contribution is -2.47. The van der Waals surface area contributed by atoms with Crippen molar-refractivity contribution in [3.05, 3.63) is 203 Å². The van der Waals surface area contributed by atoms with Crippen LogP contribution in [-0.2, 0) is 22.3 Å². The quantitative estimate of drug-likeness (QED) is 0.125. The molecule has 4 heteroatoms. The number of aliphatic hydroxyl groups excluding tert-OH is 2. The standard InChI is InChI=1S/C49H44O4/c1-52-43-29-37-21-9-17-35-19-11-23-41(47(35)37)39(43)25-27-45(50)49(31-33-13-5-3-6-14-33,32-34-15-7-4-8-16-34)46(51)28-26-40-42-24-12-20-36-18-10-22-38(48(36)42)30-44(40)53-2/h3-30,39-40,45-46,50-51H,31-32H2,1-2H3/b27-25+,28-26+. The number of hydrogen-bond acceptors (Lipinski definition) is 4. The van der Waals surface area contributed by atoms with Crippen molar-refractivity contribution in [1.29, 1.82) is 0 Å². The lowest BCUT2D eigenvalue weighted by atomic mass is 9.67. The number of methoxy groups -OCH3 is 2. The zero-order chi connectivity index (χ0) is 36.4. The Morgan fingerprint density at radius 1 is 0.528 bits per heavy atom. The van der Waals surface area contributed by atoms with Crippen LogP contribution in [0.25, 0.3) is 33.7 Å². The van der Waals surface area contributed by atoms with Gasteiger partial charge < -0.3 is 19.7 Å². The minimum absolute atomic E-state index is 0.204. The van der Waals surface area contributed by atoms with Crippen LogP contribution in [0.1, 0.15) is 45.2 Å². The van der Waals surface area contributed by atoms with E-state index in [0.29, 0.717) is 12.8 Å². The normalized spacial score (nSPS) is 17.9. The first-order valence-corrected chi connectivity index (χ1v) is 18.3. The highest BCUT2D eigenvalue weighted by molar-refractivity contribution is 5.97. The fourth-order valence-electron chi connectivity index (χ4n) is 8.54. The van der Waals surface area contributed by atoms with Crippen molar-refractivity contribution in [1.82, 2.24) is 0 Å². The van der Waals surface area contributed by atoms with Gasteiger partial charge in [-0.1, -0.05) is 158 Å². The molecular weight excluding hydrogens is 653 g/mol. The number of benzene rings is 6. The molecule has 0 bridgehead atoms. The average molecular weight is 697 g/mol. The summed E-state index contributed by atoms with van der Waals surface area (Å²) < 4.78 is 11.9. The predicted octanol–water partition coefficient (Wildman–Crippen LogP) is 10.2. The number of allylic oxidation sites excluding steroid dienone is 2. The molecule has 0 saturated heterocycles. The van der Waals surface area contributed by atoms with E-state index >= 15 is 0 Å². The van der Waals surface area contributed by atoms with Gasteiger partial charge in [0.25, 0.3) is 0 Å². The van der Waals surface area contributed by atoms with Gasteiger partial charge in [0.05, 0.1) is 38.3 Å². The Balaban J connectivity index is 1.23. The second-order valence-corrected chi connectivity index (χ2v) is 14.3. The van der Waals surface area contributed by atoms with Crippen LogP contribution in [0, 0.1) is 5.41 Å². The Bertz CT molecular complexity index is 2190. The van der Waals surface area contributed by atoms with E-state index in [4.69, 9.17) is 9.47 Å². The van der Waals surface area contributed by atoms with E-state index in [1.807, 2.05) is 48.6 Å². The summed E-state index contributed by atoms with van der Waals surface area (Å²) >= 11 is 0. The Morgan fingerprint density at radius 3 is 1.32 bits per heavy atom. The number of aliphatic hydroxyl groups is 2. The van der Waals surface area contributed by atoms with Crippen LogP contribution in [0.5, 0.6) is 0 Å². The molecule has 4 unspecified atom stereocenters. The summed E-state index contributed by atoms with van der Waals surface area (Å²) in [5, 5.41) is 30.0. The molecule has 264 valence electrons. The third kappa shape index (κ3) is 6.50. The topological polar surface area (TPSA) is 58.9 Å². The minimum atomic E-state index is -1.04. The molecule has 0 aliphatic heterocycles. The third-order valence-corrected chi connectivity index (χ3v) is 11.2. The van der Waals surface area contributed by atoms with Gasteiger partial charge in [0, 0.05) is 5.41 Å². The van der Waals surface area contributed by atoms with Crippen molar-refractivity contribution in [2.24, 2.45) is 5.41 Å². The van der Waals surface area contributed by atoms with Gasteiger partial charge in [0.15, 0.2) is 0 Å². The fraction of sp³-hybridized carbons (Fsp3) is 0.184. The van der Waals surface area contributed by atoms with E-state index in [0.717, 1.165) is 44.9 Å². The van der Waals surface area contributed by atoms with Crippen molar-refractivity contribution in [2.75, 3.05) is 14.2 Å². The Hall–Kier alpha value is -5.68. The summed E-state index contributed by atoms with van der Waals surface area (Å²) in [5.74, 6) is 1.21. The van der Waals surface area contributed by atoms with E-state index in [1.165, 1.54) is 21.5 Å². The summed E-state index contributed by atoms with van der Waals surface area (Å²) in [4.78, 5) is 0. The first kappa shape index (κ1) is 34.4. The first-order chi connectivity index (χ1) is 26.0. The molecule has 0 aromatic heterocycles. The number of hydrogen-bond donors (Lipinski definition) is 2. The Morgan fingerprint density at radius 2 is 0.925 bits per heavy atom.